The first-order valence-corrected chi connectivity index (χ1v) is 12.3. The molecule has 1 saturated heterocycles. The Labute approximate surface area is 193 Å². The van der Waals surface area contributed by atoms with Gasteiger partial charge in [0, 0.05) is 24.1 Å². The number of halogens is 1. The molecule has 1 spiro atoms. The second-order valence-electron chi connectivity index (χ2n) is 9.62. The lowest BCUT2D eigenvalue weighted by atomic mass is 9.68. The molecule has 8 heteroatoms. The maximum absolute atomic E-state index is 13.1. The molecule has 7 nitrogen and oxygen atoms in total. The van der Waals surface area contributed by atoms with Crippen molar-refractivity contribution in [2.45, 2.75) is 88.7 Å². The predicted molar refractivity (Wildman–Crippen MR) is 121 cm³/mol. The van der Waals surface area contributed by atoms with E-state index in [-0.39, 0.29) is 6.10 Å². The molecule has 5 rings (SSSR count). The fourth-order valence-corrected chi connectivity index (χ4v) is 6.07. The van der Waals surface area contributed by atoms with Gasteiger partial charge in [-0.1, -0.05) is 29.6 Å². The Kier molecular flexibility index (Phi) is 5.97. The number of likely N-dealkylation sites (N-methyl/N-ethyl adjacent to an activating group) is 1. The summed E-state index contributed by atoms with van der Waals surface area (Å²) in [7, 11) is 2.13. The zero-order chi connectivity index (χ0) is 22.3. The number of ether oxygens (including phenoxy) is 1. The van der Waals surface area contributed by atoms with Crippen LogP contribution in [0.1, 0.15) is 76.0 Å². The second-order valence-corrected chi connectivity index (χ2v) is 10.0. The molecule has 1 unspecified atom stereocenters. The SMILES string of the molecule is C[C@H](Oc1cc(Cl)nc(-c2noc3c2CCCCC32CCCCC2=O)n1)[C@@H]1CCCN1C. The van der Waals surface area contributed by atoms with Gasteiger partial charge in [0.2, 0.25) is 5.88 Å². The zero-order valence-corrected chi connectivity index (χ0v) is 19.7. The molecule has 0 aromatic carbocycles. The van der Waals surface area contributed by atoms with E-state index in [0.29, 0.717) is 40.8 Å². The monoisotopic (exact) mass is 458 g/mol. The number of hydrogen-bond acceptors (Lipinski definition) is 7. The van der Waals surface area contributed by atoms with E-state index in [1.165, 1.54) is 6.42 Å². The van der Waals surface area contributed by atoms with Crippen molar-refractivity contribution in [2.75, 3.05) is 13.6 Å². The Morgan fingerprint density at radius 1 is 1.19 bits per heavy atom. The van der Waals surface area contributed by atoms with Crippen molar-refractivity contribution >= 4 is 17.4 Å². The van der Waals surface area contributed by atoms with Gasteiger partial charge in [-0.3, -0.25) is 9.69 Å². The molecule has 3 atom stereocenters. The van der Waals surface area contributed by atoms with E-state index >= 15 is 0 Å². The number of nitrogens with zero attached hydrogens (tertiary/aromatic N) is 4. The number of ketones is 1. The zero-order valence-electron chi connectivity index (χ0n) is 18.9. The number of aromatic nitrogens is 3. The summed E-state index contributed by atoms with van der Waals surface area (Å²) in [6, 6.07) is 2.01. The van der Waals surface area contributed by atoms with E-state index in [9.17, 15) is 4.79 Å². The van der Waals surface area contributed by atoms with E-state index in [0.717, 1.165) is 69.2 Å². The maximum atomic E-state index is 13.1. The lowest BCUT2D eigenvalue weighted by Gasteiger charge is -2.33. The number of rotatable bonds is 4. The van der Waals surface area contributed by atoms with Crippen LogP contribution in [-0.2, 0) is 16.6 Å². The van der Waals surface area contributed by atoms with Crippen LogP contribution in [0, 0.1) is 0 Å². The molecule has 2 aromatic heterocycles. The van der Waals surface area contributed by atoms with Gasteiger partial charge in [0.05, 0.1) is 5.41 Å². The minimum atomic E-state index is -0.533. The van der Waals surface area contributed by atoms with Crippen LogP contribution in [-0.4, -0.2) is 51.5 Å². The van der Waals surface area contributed by atoms with E-state index in [2.05, 4.69) is 34.0 Å². The summed E-state index contributed by atoms with van der Waals surface area (Å²) in [4.78, 5) is 24.5. The van der Waals surface area contributed by atoms with Crippen molar-refractivity contribution in [3.05, 3.63) is 22.5 Å². The van der Waals surface area contributed by atoms with Gasteiger partial charge in [0.1, 0.15) is 17.0 Å². The topological polar surface area (TPSA) is 81.3 Å². The summed E-state index contributed by atoms with van der Waals surface area (Å²) < 4.78 is 12.1. The lowest BCUT2D eigenvalue weighted by Crippen LogP contribution is -2.38. The molecule has 32 heavy (non-hydrogen) atoms. The smallest absolute Gasteiger partial charge is 0.218 e. The third-order valence-electron chi connectivity index (χ3n) is 7.60. The van der Waals surface area contributed by atoms with Crippen molar-refractivity contribution in [3.63, 3.8) is 0 Å². The Morgan fingerprint density at radius 3 is 2.72 bits per heavy atom. The number of likely N-dealkylation sites (tertiary alicyclic amines) is 1. The third kappa shape index (κ3) is 3.83. The van der Waals surface area contributed by atoms with Gasteiger partial charge in [-0.15, -0.1) is 0 Å². The van der Waals surface area contributed by atoms with Crippen molar-refractivity contribution in [2.24, 2.45) is 0 Å². The average molecular weight is 459 g/mol. The standard InChI is InChI=1S/C24H31ClN4O3/c1-15(17-9-7-13-29(17)2)31-20-14-19(25)26-23(27-20)21-16-8-3-5-11-24(22(16)32-28-21)12-6-4-10-18(24)30/h14-15,17H,3-13H2,1-2H3/t15-,17-,24?/m0/s1. The van der Waals surface area contributed by atoms with Crippen LogP contribution in [0.4, 0.5) is 0 Å². The van der Waals surface area contributed by atoms with Crippen molar-refractivity contribution in [3.8, 4) is 17.4 Å². The van der Waals surface area contributed by atoms with E-state index in [1.807, 2.05) is 0 Å². The van der Waals surface area contributed by atoms with E-state index < -0.39 is 5.41 Å². The molecular formula is C24H31ClN4O3. The largest absolute Gasteiger partial charge is 0.473 e. The summed E-state index contributed by atoms with van der Waals surface area (Å²) in [6.45, 7) is 3.16. The molecule has 2 aromatic rings. The lowest BCUT2D eigenvalue weighted by molar-refractivity contribution is -0.127. The number of carbonyl (C=O) groups is 1. The van der Waals surface area contributed by atoms with Gasteiger partial charge < -0.3 is 9.26 Å². The van der Waals surface area contributed by atoms with Gasteiger partial charge >= 0.3 is 0 Å². The molecule has 2 fully saturated rings. The molecule has 172 valence electrons. The molecule has 3 aliphatic rings. The first kappa shape index (κ1) is 21.8. The molecule has 0 amide bonds. The summed E-state index contributed by atoms with van der Waals surface area (Å²) in [5.74, 6) is 1.88. The second kappa shape index (κ2) is 8.75. The Bertz CT molecular complexity index is 1010. The number of Topliss-reactive ketones (excluding diaryl/α,β-unsaturated/α-hetero) is 1. The third-order valence-corrected chi connectivity index (χ3v) is 7.80. The van der Waals surface area contributed by atoms with Gasteiger partial charge in [0.15, 0.2) is 17.3 Å². The number of fused-ring (bicyclic) bond motifs is 2. The fourth-order valence-electron chi connectivity index (χ4n) is 5.89. The van der Waals surface area contributed by atoms with Crippen LogP contribution < -0.4 is 4.74 Å². The first-order valence-electron chi connectivity index (χ1n) is 11.9. The summed E-state index contributed by atoms with van der Waals surface area (Å²) in [5.41, 5.74) is 1.03. The molecule has 0 radical (unpaired) electrons. The fraction of sp³-hybridized carbons (Fsp3) is 0.667. The highest BCUT2D eigenvalue weighted by Gasteiger charge is 2.47. The van der Waals surface area contributed by atoms with Gasteiger partial charge in [-0.2, -0.15) is 4.98 Å². The van der Waals surface area contributed by atoms with Crippen LogP contribution in [0.3, 0.4) is 0 Å². The summed E-state index contributed by atoms with van der Waals surface area (Å²) >= 11 is 6.37. The van der Waals surface area contributed by atoms with Gasteiger partial charge in [-0.25, -0.2) is 4.98 Å². The Hall–Kier alpha value is -1.99. The van der Waals surface area contributed by atoms with Crippen molar-refractivity contribution in [1.29, 1.82) is 0 Å². The molecule has 2 aliphatic carbocycles. The maximum Gasteiger partial charge on any atom is 0.218 e. The minimum Gasteiger partial charge on any atom is -0.473 e. The summed E-state index contributed by atoms with van der Waals surface area (Å²) in [5, 5.41) is 4.68. The molecule has 1 saturated carbocycles. The normalized spacial score (nSPS) is 27.3. The highest BCUT2D eigenvalue weighted by atomic mass is 35.5. The Morgan fingerprint density at radius 2 is 1.97 bits per heavy atom. The number of carbonyl (C=O) groups excluding carboxylic acids is 1. The van der Waals surface area contributed by atoms with Crippen LogP contribution in [0.25, 0.3) is 11.5 Å². The molecule has 0 N–H and O–H groups in total. The highest BCUT2D eigenvalue weighted by Crippen LogP contribution is 2.46. The highest BCUT2D eigenvalue weighted by molar-refractivity contribution is 6.29. The molecule has 1 aliphatic heterocycles. The first-order chi connectivity index (χ1) is 15.5. The van der Waals surface area contributed by atoms with Crippen LogP contribution in [0.15, 0.2) is 10.6 Å². The van der Waals surface area contributed by atoms with Gasteiger partial charge in [0.25, 0.3) is 0 Å². The Balaban J connectivity index is 1.48. The molecule has 0 bridgehead atoms. The average Bonchev–Trinajstić information content (AvgIpc) is 3.34. The van der Waals surface area contributed by atoms with E-state index in [4.69, 9.17) is 20.9 Å². The quantitative estimate of drug-likeness (QED) is 0.611. The minimum absolute atomic E-state index is 0.0149. The molecular weight excluding hydrogens is 428 g/mol. The van der Waals surface area contributed by atoms with E-state index in [1.54, 1.807) is 6.07 Å². The van der Waals surface area contributed by atoms with Crippen LogP contribution >= 0.6 is 11.6 Å². The van der Waals surface area contributed by atoms with Crippen molar-refractivity contribution < 1.29 is 14.1 Å². The molecule has 3 heterocycles. The number of hydrogen-bond donors (Lipinski definition) is 0. The van der Waals surface area contributed by atoms with Gasteiger partial charge in [-0.05, 0) is 65.5 Å². The summed E-state index contributed by atoms with van der Waals surface area (Å²) in [6.07, 6.45) is 9.37. The van der Waals surface area contributed by atoms with Crippen molar-refractivity contribution in [1.82, 2.24) is 20.0 Å². The van der Waals surface area contributed by atoms with Crippen LogP contribution in [0.5, 0.6) is 5.88 Å². The predicted octanol–water partition coefficient (Wildman–Crippen LogP) is 4.75. The van der Waals surface area contributed by atoms with Crippen LogP contribution in [0.2, 0.25) is 5.15 Å².